The molecule has 0 aliphatic carbocycles. The van der Waals surface area contributed by atoms with Crippen molar-refractivity contribution in [2.45, 2.75) is 19.4 Å². The van der Waals surface area contributed by atoms with Gasteiger partial charge in [-0.15, -0.1) is 0 Å². The summed E-state index contributed by atoms with van der Waals surface area (Å²) in [5.74, 6) is 0. The average molecular weight is 85.1 g/mol. The minimum atomic E-state index is -0.463. The Bertz CT molecular complexity index is 62.4. The molecule has 1 atom stereocenters. The Labute approximate surface area is 37.0 Å². The molecule has 0 aromatic carbocycles. The number of nitriles is 1. The second kappa shape index (κ2) is 2.67. The van der Waals surface area contributed by atoms with E-state index in [4.69, 9.17) is 10.4 Å². The fraction of sp³-hybridized carbons (Fsp3) is 0.750. The van der Waals surface area contributed by atoms with Gasteiger partial charge in [-0.2, -0.15) is 5.26 Å². The highest BCUT2D eigenvalue weighted by Crippen LogP contribution is 1.82. The summed E-state index contributed by atoms with van der Waals surface area (Å²) in [6.45, 7) is 1.59. The maximum atomic E-state index is 8.33. The molecule has 0 amide bonds. The van der Waals surface area contributed by atoms with Crippen LogP contribution in [0.25, 0.3) is 0 Å². The van der Waals surface area contributed by atoms with Crippen LogP contribution in [0.4, 0.5) is 0 Å². The van der Waals surface area contributed by atoms with Crippen molar-refractivity contribution >= 4 is 0 Å². The summed E-state index contributed by atoms with van der Waals surface area (Å²) in [7, 11) is 0. The minimum absolute atomic E-state index is 0.236. The highest BCUT2D eigenvalue weighted by atomic mass is 16.3. The van der Waals surface area contributed by atoms with E-state index >= 15 is 0 Å². The maximum absolute atomic E-state index is 8.33. The number of aliphatic hydroxyl groups is 1. The van der Waals surface area contributed by atoms with E-state index in [0.717, 1.165) is 0 Å². The monoisotopic (exact) mass is 85.1 g/mol. The van der Waals surface area contributed by atoms with Crippen molar-refractivity contribution in [2.75, 3.05) is 0 Å². The highest BCUT2D eigenvalue weighted by Gasteiger charge is 1.87. The van der Waals surface area contributed by atoms with Gasteiger partial charge in [0.25, 0.3) is 0 Å². The summed E-state index contributed by atoms with van der Waals surface area (Å²) in [6, 6.07) is 1.82. The van der Waals surface area contributed by atoms with E-state index in [0.29, 0.717) is 0 Å². The SMILES string of the molecule is CC(O)CC#N. The Morgan fingerprint density at radius 1 is 2.00 bits per heavy atom. The predicted octanol–water partition coefficient (Wildman–Crippen LogP) is 0.281. The van der Waals surface area contributed by atoms with E-state index in [1.54, 1.807) is 6.92 Å². The molecule has 0 fully saturated rings. The molecule has 0 aliphatic rings. The van der Waals surface area contributed by atoms with Crippen molar-refractivity contribution in [1.82, 2.24) is 0 Å². The Morgan fingerprint density at radius 3 is 2.50 bits per heavy atom. The molecule has 0 heterocycles. The van der Waals surface area contributed by atoms with Crippen molar-refractivity contribution in [3.63, 3.8) is 0 Å². The number of rotatable bonds is 1. The zero-order valence-electron chi connectivity index (χ0n) is 3.68. The molecule has 34 valence electrons. The number of aliphatic hydroxyl groups excluding tert-OH is 1. The molecule has 0 saturated carbocycles. The molecule has 1 unspecified atom stereocenters. The van der Waals surface area contributed by atoms with E-state index in [1.165, 1.54) is 0 Å². The molecule has 0 saturated heterocycles. The van der Waals surface area contributed by atoms with Crippen molar-refractivity contribution < 1.29 is 5.11 Å². The van der Waals surface area contributed by atoms with Gasteiger partial charge >= 0.3 is 0 Å². The Hall–Kier alpha value is -0.550. The van der Waals surface area contributed by atoms with Crippen LogP contribution in [0, 0.1) is 11.3 Å². The lowest BCUT2D eigenvalue weighted by Gasteiger charge is -1.88. The molecular weight excluding hydrogens is 78.0 g/mol. The second-order valence-electron chi connectivity index (χ2n) is 1.21. The van der Waals surface area contributed by atoms with Crippen LogP contribution < -0.4 is 0 Å². The molecule has 0 aromatic heterocycles. The van der Waals surface area contributed by atoms with E-state index in [2.05, 4.69) is 0 Å². The molecule has 0 aliphatic heterocycles. The first kappa shape index (κ1) is 5.45. The van der Waals surface area contributed by atoms with E-state index < -0.39 is 6.10 Å². The molecular formula is C4H7NO. The van der Waals surface area contributed by atoms with Gasteiger partial charge in [0.2, 0.25) is 0 Å². The first-order valence-corrected chi connectivity index (χ1v) is 1.82. The topological polar surface area (TPSA) is 44.0 Å². The zero-order valence-corrected chi connectivity index (χ0v) is 3.68. The van der Waals surface area contributed by atoms with Gasteiger partial charge in [-0.25, -0.2) is 0 Å². The molecule has 2 heteroatoms. The van der Waals surface area contributed by atoms with Crippen LogP contribution in [0.15, 0.2) is 0 Å². The van der Waals surface area contributed by atoms with Gasteiger partial charge in [-0.3, -0.25) is 0 Å². The normalized spacial score (nSPS) is 12.8. The zero-order chi connectivity index (χ0) is 4.99. The molecule has 0 spiro atoms. The van der Waals surface area contributed by atoms with Gasteiger partial charge in [0, 0.05) is 0 Å². The van der Waals surface area contributed by atoms with Crippen LogP contribution in [0.1, 0.15) is 13.3 Å². The molecule has 0 bridgehead atoms. The smallest absolute Gasteiger partial charge is 0.0648 e. The number of hydrogen-bond acceptors (Lipinski definition) is 2. The lowest BCUT2D eigenvalue weighted by Crippen LogP contribution is -1.94. The van der Waals surface area contributed by atoms with Crippen molar-refractivity contribution in [1.29, 1.82) is 5.26 Å². The predicted molar refractivity (Wildman–Crippen MR) is 21.9 cm³/mol. The fourth-order valence-corrected chi connectivity index (χ4v) is 0.132. The van der Waals surface area contributed by atoms with Crippen molar-refractivity contribution in [2.24, 2.45) is 0 Å². The van der Waals surface area contributed by atoms with E-state index in [9.17, 15) is 0 Å². The van der Waals surface area contributed by atoms with Crippen molar-refractivity contribution in [3.8, 4) is 6.07 Å². The summed E-state index contributed by atoms with van der Waals surface area (Å²) < 4.78 is 0. The van der Waals surface area contributed by atoms with Crippen molar-refractivity contribution in [3.05, 3.63) is 0 Å². The van der Waals surface area contributed by atoms with E-state index in [1.807, 2.05) is 6.07 Å². The van der Waals surface area contributed by atoms with Crippen LogP contribution in [0.2, 0.25) is 0 Å². The number of hydrogen-bond donors (Lipinski definition) is 1. The maximum Gasteiger partial charge on any atom is 0.0648 e. The van der Waals surface area contributed by atoms with Gasteiger partial charge in [-0.1, -0.05) is 0 Å². The average Bonchev–Trinajstić information content (AvgIpc) is 1.35. The first-order chi connectivity index (χ1) is 2.77. The third-order valence-corrected chi connectivity index (χ3v) is 0.387. The Morgan fingerprint density at radius 2 is 2.50 bits per heavy atom. The standard InChI is InChI=1S/C4H7NO/c1-4(6)2-3-5/h4,6H,2H2,1H3. The van der Waals surface area contributed by atoms with Gasteiger partial charge in [0.1, 0.15) is 0 Å². The summed E-state index contributed by atoms with van der Waals surface area (Å²) in [4.78, 5) is 0. The van der Waals surface area contributed by atoms with E-state index in [-0.39, 0.29) is 6.42 Å². The van der Waals surface area contributed by atoms with Gasteiger partial charge in [0.15, 0.2) is 0 Å². The van der Waals surface area contributed by atoms with Crippen LogP contribution in [-0.2, 0) is 0 Å². The van der Waals surface area contributed by atoms with Crippen LogP contribution in [0.3, 0.4) is 0 Å². The van der Waals surface area contributed by atoms with Crippen LogP contribution in [0.5, 0.6) is 0 Å². The lowest BCUT2D eigenvalue weighted by atomic mass is 10.3. The van der Waals surface area contributed by atoms with Crippen LogP contribution in [-0.4, -0.2) is 11.2 Å². The van der Waals surface area contributed by atoms with Gasteiger partial charge in [0.05, 0.1) is 18.6 Å². The Kier molecular flexibility index (Phi) is 2.43. The quantitative estimate of drug-likeness (QED) is 0.497. The highest BCUT2D eigenvalue weighted by molar-refractivity contribution is 4.71. The molecule has 0 rings (SSSR count). The Balaban J connectivity index is 2.88. The third-order valence-electron chi connectivity index (χ3n) is 0.387. The second-order valence-corrected chi connectivity index (χ2v) is 1.21. The third kappa shape index (κ3) is 3.45. The summed E-state index contributed by atoms with van der Waals surface area (Å²) in [6.07, 6.45) is -0.227. The van der Waals surface area contributed by atoms with Crippen LogP contribution >= 0.6 is 0 Å². The fourth-order valence-electron chi connectivity index (χ4n) is 0.132. The molecule has 6 heavy (non-hydrogen) atoms. The summed E-state index contributed by atoms with van der Waals surface area (Å²) >= 11 is 0. The molecule has 2 nitrogen and oxygen atoms in total. The largest absolute Gasteiger partial charge is 0.392 e. The summed E-state index contributed by atoms with van der Waals surface area (Å²) in [5, 5.41) is 16.2. The summed E-state index contributed by atoms with van der Waals surface area (Å²) in [5.41, 5.74) is 0. The van der Waals surface area contributed by atoms with Gasteiger partial charge < -0.3 is 5.11 Å². The lowest BCUT2D eigenvalue weighted by molar-refractivity contribution is 0.200. The molecule has 0 aromatic rings. The molecule has 0 radical (unpaired) electrons. The minimum Gasteiger partial charge on any atom is -0.392 e. The van der Waals surface area contributed by atoms with Gasteiger partial charge in [-0.05, 0) is 6.92 Å². The first-order valence-electron chi connectivity index (χ1n) is 1.82. The number of nitrogens with zero attached hydrogens (tertiary/aromatic N) is 1. The molecule has 1 N–H and O–H groups in total.